The fourth-order valence-electron chi connectivity index (χ4n) is 2.52. The molecule has 0 saturated carbocycles. The normalized spacial score (nSPS) is 13.4. The number of hydrogen-bond donors (Lipinski definition) is 4. The number of allylic oxidation sites excluding steroid dienone is 1. The summed E-state index contributed by atoms with van der Waals surface area (Å²) in [6.07, 6.45) is 4.70. The molecule has 0 amide bonds. The first-order valence-corrected chi connectivity index (χ1v) is 6.60. The van der Waals surface area contributed by atoms with Gasteiger partial charge in [-0.1, -0.05) is 23.8 Å². The summed E-state index contributed by atoms with van der Waals surface area (Å²) in [5.41, 5.74) is 5.89. The van der Waals surface area contributed by atoms with Crippen molar-refractivity contribution in [1.29, 1.82) is 0 Å². The van der Waals surface area contributed by atoms with Gasteiger partial charge in [0.25, 0.3) is 0 Å². The van der Waals surface area contributed by atoms with Gasteiger partial charge in [0.2, 0.25) is 11.8 Å². The van der Waals surface area contributed by atoms with E-state index in [0.717, 1.165) is 10.6 Å². The molecular formula is C14H12ClFN2O3. The van der Waals surface area contributed by atoms with E-state index in [1.54, 1.807) is 6.08 Å². The predicted molar refractivity (Wildman–Crippen MR) is 77.5 cm³/mol. The Morgan fingerprint density at radius 3 is 2.62 bits per heavy atom. The molecule has 0 saturated heterocycles. The summed E-state index contributed by atoms with van der Waals surface area (Å²) < 4.78 is 15.0. The first kappa shape index (κ1) is 13.6. The van der Waals surface area contributed by atoms with Crippen LogP contribution in [0.25, 0.3) is 11.8 Å². The second kappa shape index (κ2) is 4.60. The summed E-state index contributed by atoms with van der Waals surface area (Å²) in [6, 6.07) is 0.871. The third-order valence-electron chi connectivity index (χ3n) is 3.54. The molecule has 0 radical (unpaired) electrons. The number of rotatable bonds is 1. The number of nitrogen functional groups attached to an aromatic ring is 1. The maximum Gasteiger partial charge on any atom is 0.206 e. The Balaban J connectivity index is 2.35. The van der Waals surface area contributed by atoms with Crippen molar-refractivity contribution in [3.8, 4) is 23.2 Å². The van der Waals surface area contributed by atoms with Crippen molar-refractivity contribution < 1.29 is 19.7 Å². The molecule has 1 aromatic carbocycles. The fraction of sp³-hybridized carbons (Fsp3) is 0.143. The summed E-state index contributed by atoms with van der Waals surface area (Å²) in [6.45, 7) is 0. The van der Waals surface area contributed by atoms with Gasteiger partial charge in [-0.2, -0.15) is 0 Å². The van der Waals surface area contributed by atoms with Gasteiger partial charge in [0.1, 0.15) is 11.4 Å². The molecule has 5 nitrogen and oxygen atoms in total. The minimum atomic E-state index is -0.864. The Morgan fingerprint density at radius 1 is 1.24 bits per heavy atom. The summed E-state index contributed by atoms with van der Waals surface area (Å²) in [5.74, 6) is -2.02. The van der Waals surface area contributed by atoms with E-state index in [0.29, 0.717) is 24.0 Å². The molecule has 2 aromatic rings. The molecule has 1 aliphatic rings. The number of halogens is 2. The second-order valence-electron chi connectivity index (χ2n) is 4.77. The number of phenolic OH excluding ortho intramolecular Hbond substituents is 1. The van der Waals surface area contributed by atoms with Gasteiger partial charge in [-0.15, -0.1) is 0 Å². The number of phenols is 1. The number of benzene rings is 1. The van der Waals surface area contributed by atoms with E-state index < -0.39 is 11.6 Å². The van der Waals surface area contributed by atoms with Gasteiger partial charge in [-0.05, 0) is 18.9 Å². The Bertz CT molecular complexity index is 784. The third-order valence-corrected chi connectivity index (χ3v) is 3.83. The van der Waals surface area contributed by atoms with E-state index >= 15 is 0 Å². The minimum Gasteiger partial charge on any atom is -0.504 e. The zero-order valence-electron chi connectivity index (χ0n) is 10.8. The molecule has 1 heterocycles. The summed E-state index contributed by atoms with van der Waals surface area (Å²) in [7, 11) is 0. The molecular weight excluding hydrogens is 299 g/mol. The highest BCUT2D eigenvalue weighted by Gasteiger charge is 2.27. The Kier molecular flexibility index (Phi) is 2.98. The van der Waals surface area contributed by atoms with Crippen LogP contribution in [0.15, 0.2) is 12.1 Å². The topological polar surface area (TPSA) is 91.6 Å². The highest BCUT2D eigenvalue weighted by Crippen LogP contribution is 2.45. The van der Waals surface area contributed by atoms with Crippen LogP contribution in [0, 0.1) is 5.82 Å². The van der Waals surface area contributed by atoms with Crippen molar-refractivity contribution in [2.24, 2.45) is 0 Å². The highest BCUT2D eigenvalue weighted by molar-refractivity contribution is 6.32. The quantitative estimate of drug-likeness (QED) is 0.481. The van der Waals surface area contributed by atoms with Crippen molar-refractivity contribution in [2.45, 2.75) is 12.8 Å². The number of anilines is 1. The SMILES string of the molecule is Nc1c(O)c(Cl)cc(F)c1-n1c(O)c2c(c1O)CCC=C2. The second-order valence-corrected chi connectivity index (χ2v) is 5.17. The van der Waals surface area contributed by atoms with Crippen LogP contribution in [-0.2, 0) is 6.42 Å². The molecule has 0 fully saturated rings. The molecule has 21 heavy (non-hydrogen) atoms. The maximum absolute atomic E-state index is 14.2. The lowest BCUT2D eigenvalue weighted by Crippen LogP contribution is -2.03. The van der Waals surface area contributed by atoms with E-state index in [9.17, 15) is 19.7 Å². The Morgan fingerprint density at radius 2 is 1.95 bits per heavy atom. The van der Waals surface area contributed by atoms with Gasteiger partial charge < -0.3 is 21.1 Å². The molecule has 0 spiro atoms. The predicted octanol–water partition coefficient (Wildman–Crippen LogP) is 2.93. The van der Waals surface area contributed by atoms with Crippen molar-refractivity contribution >= 4 is 23.4 Å². The largest absolute Gasteiger partial charge is 0.504 e. The first-order valence-electron chi connectivity index (χ1n) is 6.22. The van der Waals surface area contributed by atoms with Gasteiger partial charge >= 0.3 is 0 Å². The summed E-state index contributed by atoms with van der Waals surface area (Å²) in [5, 5.41) is 30.0. The first-order chi connectivity index (χ1) is 9.93. The van der Waals surface area contributed by atoms with E-state index in [2.05, 4.69) is 0 Å². The van der Waals surface area contributed by atoms with Gasteiger partial charge in [-0.3, -0.25) is 0 Å². The number of fused-ring (bicyclic) bond motifs is 1. The molecule has 110 valence electrons. The monoisotopic (exact) mass is 310 g/mol. The van der Waals surface area contributed by atoms with Crippen LogP contribution in [0.2, 0.25) is 5.02 Å². The molecule has 0 aliphatic heterocycles. The van der Waals surface area contributed by atoms with E-state index in [-0.39, 0.29) is 28.2 Å². The number of nitrogens with zero attached hydrogens (tertiary/aromatic N) is 1. The standard InChI is InChI=1S/C14H12ClFN2O3/c15-8-5-9(16)11(10(17)12(8)19)18-13(20)6-3-1-2-4-7(6)14(18)21/h1,3,5,19-21H,2,4,17H2. The van der Waals surface area contributed by atoms with Crippen LogP contribution in [0.5, 0.6) is 17.5 Å². The zero-order valence-corrected chi connectivity index (χ0v) is 11.5. The molecule has 1 aromatic heterocycles. The smallest absolute Gasteiger partial charge is 0.206 e. The van der Waals surface area contributed by atoms with Gasteiger partial charge in [0.15, 0.2) is 11.6 Å². The highest BCUT2D eigenvalue weighted by atomic mass is 35.5. The van der Waals surface area contributed by atoms with E-state index in [4.69, 9.17) is 17.3 Å². The zero-order chi connectivity index (χ0) is 15.3. The molecule has 1 aliphatic carbocycles. The van der Waals surface area contributed by atoms with Crippen molar-refractivity contribution in [3.63, 3.8) is 0 Å². The van der Waals surface area contributed by atoms with Crippen molar-refractivity contribution in [3.05, 3.63) is 34.1 Å². The van der Waals surface area contributed by atoms with Gasteiger partial charge in [0, 0.05) is 11.1 Å². The summed E-state index contributed by atoms with van der Waals surface area (Å²) >= 11 is 5.64. The van der Waals surface area contributed by atoms with Gasteiger partial charge in [-0.25, -0.2) is 8.96 Å². The van der Waals surface area contributed by atoms with Gasteiger partial charge in [0.05, 0.1) is 5.02 Å². The van der Waals surface area contributed by atoms with Crippen LogP contribution in [-0.4, -0.2) is 19.9 Å². The lowest BCUT2D eigenvalue weighted by molar-refractivity contribution is 0.396. The minimum absolute atomic E-state index is 0.246. The van der Waals surface area contributed by atoms with Crippen LogP contribution in [0.4, 0.5) is 10.1 Å². The fourth-order valence-corrected chi connectivity index (χ4v) is 2.72. The van der Waals surface area contributed by atoms with Crippen LogP contribution >= 0.6 is 11.6 Å². The number of hydrogen-bond acceptors (Lipinski definition) is 4. The molecule has 0 bridgehead atoms. The average Bonchev–Trinajstić information content (AvgIpc) is 2.71. The van der Waals surface area contributed by atoms with E-state index in [1.807, 2.05) is 6.08 Å². The molecule has 0 unspecified atom stereocenters. The summed E-state index contributed by atoms with van der Waals surface area (Å²) in [4.78, 5) is 0. The molecule has 0 atom stereocenters. The number of aromatic nitrogens is 1. The molecule has 7 heteroatoms. The average molecular weight is 311 g/mol. The third kappa shape index (κ3) is 1.83. The molecule has 3 rings (SSSR count). The molecule has 5 N–H and O–H groups in total. The Labute approximate surface area is 124 Å². The van der Waals surface area contributed by atoms with Crippen LogP contribution in [0.3, 0.4) is 0 Å². The number of nitrogens with two attached hydrogens (primary N) is 1. The van der Waals surface area contributed by atoms with Crippen LogP contribution < -0.4 is 5.73 Å². The lowest BCUT2D eigenvalue weighted by Gasteiger charge is -2.13. The Hall–Kier alpha value is -2.34. The van der Waals surface area contributed by atoms with Crippen LogP contribution in [0.1, 0.15) is 17.5 Å². The maximum atomic E-state index is 14.2. The van der Waals surface area contributed by atoms with Crippen molar-refractivity contribution in [1.82, 2.24) is 4.57 Å². The lowest BCUT2D eigenvalue weighted by atomic mass is 10.0. The number of aromatic hydroxyl groups is 3. The van der Waals surface area contributed by atoms with Crippen molar-refractivity contribution in [2.75, 3.05) is 5.73 Å². The van der Waals surface area contributed by atoms with E-state index in [1.165, 1.54) is 0 Å².